The van der Waals surface area contributed by atoms with E-state index in [0.717, 1.165) is 19.3 Å². The van der Waals surface area contributed by atoms with E-state index >= 15 is 0 Å². The molecule has 1 aliphatic rings. The van der Waals surface area contributed by atoms with E-state index in [4.69, 9.17) is 0 Å². The van der Waals surface area contributed by atoms with Gasteiger partial charge in [-0.15, -0.1) is 0 Å². The Kier molecular flexibility index (Phi) is 3.80. The minimum atomic E-state index is -0.896. The van der Waals surface area contributed by atoms with Gasteiger partial charge in [0.2, 0.25) is 0 Å². The molecule has 0 aliphatic carbocycles. The zero-order chi connectivity index (χ0) is 10.6. The quantitative estimate of drug-likeness (QED) is 0.669. The van der Waals surface area contributed by atoms with Crippen LogP contribution in [0.2, 0.25) is 0 Å². The molecule has 0 radical (unpaired) electrons. The van der Waals surface area contributed by atoms with E-state index in [-0.39, 0.29) is 0 Å². The van der Waals surface area contributed by atoms with Crippen LogP contribution in [0.3, 0.4) is 0 Å². The lowest BCUT2D eigenvalue weighted by molar-refractivity contribution is 0.459. The highest BCUT2D eigenvalue weighted by molar-refractivity contribution is 5.84. The summed E-state index contributed by atoms with van der Waals surface area (Å²) in [5.41, 5.74) is 0. The van der Waals surface area contributed by atoms with E-state index in [1.54, 1.807) is 0 Å². The van der Waals surface area contributed by atoms with Crippen molar-refractivity contribution >= 4 is 5.84 Å². The SMILES string of the molecule is CCN(CC)C1=NC=C(F)C(F)=CC1. The maximum Gasteiger partial charge on any atom is 0.176 e. The Morgan fingerprint density at radius 3 is 2.50 bits per heavy atom. The second-order valence-corrected chi connectivity index (χ2v) is 2.95. The van der Waals surface area contributed by atoms with Gasteiger partial charge in [-0.2, -0.15) is 0 Å². The van der Waals surface area contributed by atoms with Crippen LogP contribution in [0.5, 0.6) is 0 Å². The number of rotatable bonds is 2. The van der Waals surface area contributed by atoms with E-state index in [0.29, 0.717) is 12.3 Å². The molecule has 0 spiro atoms. The van der Waals surface area contributed by atoms with Crippen LogP contribution >= 0.6 is 0 Å². The molecule has 0 fully saturated rings. The highest BCUT2D eigenvalue weighted by Crippen LogP contribution is 2.17. The Morgan fingerprint density at radius 2 is 1.93 bits per heavy atom. The summed E-state index contributed by atoms with van der Waals surface area (Å²) in [6.45, 7) is 5.55. The molecular weight excluding hydrogens is 186 g/mol. The number of allylic oxidation sites excluding steroid dienone is 2. The molecule has 1 rings (SSSR count). The monoisotopic (exact) mass is 200 g/mol. The smallest absolute Gasteiger partial charge is 0.176 e. The molecule has 0 atom stereocenters. The second kappa shape index (κ2) is 4.88. The molecule has 0 aromatic rings. The number of amidine groups is 1. The van der Waals surface area contributed by atoms with E-state index < -0.39 is 11.7 Å². The zero-order valence-corrected chi connectivity index (χ0v) is 8.43. The van der Waals surface area contributed by atoms with Gasteiger partial charge in [-0.05, 0) is 19.9 Å². The van der Waals surface area contributed by atoms with Gasteiger partial charge in [0.1, 0.15) is 5.84 Å². The lowest BCUT2D eigenvalue weighted by Crippen LogP contribution is -2.29. The van der Waals surface area contributed by atoms with Gasteiger partial charge in [0.05, 0.1) is 6.20 Å². The lowest BCUT2D eigenvalue weighted by atomic mass is 10.3. The van der Waals surface area contributed by atoms with Crippen molar-refractivity contribution in [1.82, 2.24) is 4.90 Å². The summed E-state index contributed by atoms with van der Waals surface area (Å²) in [5.74, 6) is -1.01. The largest absolute Gasteiger partial charge is 0.360 e. The number of halogens is 2. The molecule has 14 heavy (non-hydrogen) atoms. The highest BCUT2D eigenvalue weighted by atomic mass is 19.2. The highest BCUT2D eigenvalue weighted by Gasteiger charge is 2.11. The van der Waals surface area contributed by atoms with Crippen molar-refractivity contribution in [3.63, 3.8) is 0 Å². The first-order valence-corrected chi connectivity index (χ1v) is 4.72. The zero-order valence-electron chi connectivity index (χ0n) is 8.43. The fraction of sp³-hybridized carbons (Fsp3) is 0.500. The standard InChI is InChI=1S/C10H14F2N2/c1-3-14(4-2)10-6-5-8(11)9(12)7-13-10/h5,7H,3-4,6H2,1-2H3. The molecule has 78 valence electrons. The molecular formula is C10H14F2N2. The van der Waals surface area contributed by atoms with Crippen LogP contribution in [0.25, 0.3) is 0 Å². The fourth-order valence-electron chi connectivity index (χ4n) is 1.32. The van der Waals surface area contributed by atoms with Gasteiger partial charge in [0, 0.05) is 19.5 Å². The first-order chi connectivity index (χ1) is 6.69. The van der Waals surface area contributed by atoms with Crippen molar-refractivity contribution < 1.29 is 8.78 Å². The molecule has 0 bridgehead atoms. The Balaban J connectivity index is 2.83. The third-order valence-corrected chi connectivity index (χ3v) is 2.15. The van der Waals surface area contributed by atoms with Crippen molar-refractivity contribution in [2.24, 2.45) is 4.99 Å². The molecule has 0 amide bonds. The molecule has 0 N–H and O–H groups in total. The number of hydrogen-bond donors (Lipinski definition) is 0. The van der Waals surface area contributed by atoms with Gasteiger partial charge in [-0.1, -0.05) is 0 Å². The normalized spacial score (nSPS) is 16.7. The Hall–Kier alpha value is -1.19. The van der Waals surface area contributed by atoms with Crippen molar-refractivity contribution in [3.8, 4) is 0 Å². The first kappa shape index (κ1) is 10.9. The Morgan fingerprint density at radius 1 is 1.29 bits per heavy atom. The van der Waals surface area contributed by atoms with Crippen molar-refractivity contribution in [2.45, 2.75) is 20.3 Å². The van der Waals surface area contributed by atoms with E-state index in [2.05, 4.69) is 4.99 Å². The van der Waals surface area contributed by atoms with Gasteiger partial charge in [0.15, 0.2) is 11.7 Å². The van der Waals surface area contributed by atoms with Crippen molar-refractivity contribution in [3.05, 3.63) is 23.9 Å². The third-order valence-electron chi connectivity index (χ3n) is 2.15. The van der Waals surface area contributed by atoms with Gasteiger partial charge < -0.3 is 4.90 Å². The average Bonchev–Trinajstić information content (AvgIpc) is 2.35. The van der Waals surface area contributed by atoms with Gasteiger partial charge >= 0.3 is 0 Å². The number of aliphatic imine (C=N–C) groups is 1. The third kappa shape index (κ3) is 2.40. The van der Waals surface area contributed by atoms with Crippen molar-refractivity contribution in [1.29, 1.82) is 0 Å². The van der Waals surface area contributed by atoms with Crippen LogP contribution in [0.1, 0.15) is 20.3 Å². The molecule has 1 aliphatic heterocycles. The predicted molar refractivity (Wildman–Crippen MR) is 53.4 cm³/mol. The van der Waals surface area contributed by atoms with E-state index in [1.807, 2.05) is 18.7 Å². The molecule has 0 saturated carbocycles. The molecule has 4 heteroatoms. The molecule has 2 nitrogen and oxygen atoms in total. The van der Waals surface area contributed by atoms with Crippen LogP contribution in [-0.4, -0.2) is 23.8 Å². The van der Waals surface area contributed by atoms with E-state index in [1.165, 1.54) is 6.08 Å². The lowest BCUT2D eigenvalue weighted by Gasteiger charge is -2.21. The summed E-state index contributed by atoms with van der Waals surface area (Å²) < 4.78 is 25.6. The summed E-state index contributed by atoms with van der Waals surface area (Å²) in [6.07, 6.45) is 2.50. The van der Waals surface area contributed by atoms with Crippen LogP contribution < -0.4 is 0 Å². The molecule has 0 saturated heterocycles. The van der Waals surface area contributed by atoms with Gasteiger partial charge in [0.25, 0.3) is 0 Å². The summed E-state index contributed by atoms with van der Waals surface area (Å²) in [7, 11) is 0. The summed E-state index contributed by atoms with van der Waals surface area (Å²) in [6, 6.07) is 0. The predicted octanol–water partition coefficient (Wildman–Crippen LogP) is 2.79. The number of nitrogens with zero attached hydrogens (tertiary/aromatic N) is 2. The molecule has 0 aromatic heterocycles. The van der Waals surface area contributed by atoms with Crippen LogP contribution in [0.15, 0.2) is 28.9 Å². The molecule has 1 heterocycles. The summed E-state index contributed by atoms with van der Waals surface area (Å²) >= 11 is 0. The molecule has 0 unspecified atom stereocenters. The summed E-state index contributed by atoms with van der Waals surface area (Å²) in [4.78, 5) is 5.88. The second-order valence-electron chi connectivity index (χ2n) is 2.95. The van der Waals surface area contributed by atoms with E-state index in [9.17, 15) is 8.78 Å². The average molecular weight is 200 g/mol. The maximum atomic E-state index is 12.8. The molecule has 0 aromatic carbocycles. The van der Waals surface area contributed by atoms with Crippen LogP contribution in [-0.2, 0) is 0 Å². The summed E-state index contributed by atoms with van der Waals surface area (Å²) in [5, 5.41) is 0. The first-order valence-electron chi connectivity index (χ1n) is 4.72. The minimum Gasteiger partial charge on any atom is -0.360 e. The number of hydrogen-bond acceptors (Lipinski definition) is 2. The van der Waals surface area contributed by atoms with Crippen molar-refractivity contribution in [2.75, 3.05) is 13.1 Å². The topological polar surface area (TPSA) is 15.6 Å². The van der Waals surface area contributed by atoms with Gasteiger partial charge in [-0.3, -0.25) is 0 Å². The van der Waals surface area contributed by atoms with Crippen LogP contribution in [0.4, 0.5) is 8.78 Å². The minimum absolute atomic E-state index is 0.345. The Bertz CT molecular complexity index is 288. The fourth-order valence-corrected chi connectivity index (χ4v) is 1.32. The maximum absolute atomic E-state index is 12.8. The van der Waals surface area contributed by atoms with Crippen LogP contribution in [0, 0.1) is 0 Å². The Labute approximate surface area is 82.6 Å². The van der Waals surface area contributed by atoms with Gasteiger partial charge in [-0.25, -0.2) is 13.8 Å².